The predicted octanol–water partition coefficient (Wildman–Crippen LogP) is 0.607. The summed E-state index contributed by atoms with van der Waals surface area (Å²) >= 11 is -1.74. The molecule has 1 aliphatic rings. The summed E-state index contributed by atoms with van der Waals surface area (Å²) in [5.41, 5.74) is 0. The molecule has 0 aromatic heterocycles. The van der Waals surface area contributed by atoms with Crippen molar-refractivity contribution >= 4 is 11.3 Å². The number of rotatable bonds is 3. The molecular weight excluding hydrogens is 138 g/mol. The van der Waals surface area contributed by atoms with Gasteiger partial charge in [0, 0.05) is 12.6 Å². The van der Waals surface area contributed by atoms with Crippen LogP contribution in [-0.2, 0) is 11.3 Å². The molecule has 1 aliphatic carbocycles. The van der Waals surface area contributed by atoms with Crippen LogP contribution < -0.4 is 0 Å². The molecule has 9 heavy (non-hydrogen) atoms. The highest BCUT2D eigenvalue weighted by Crippen LogP contribution is 2.26. The average Bonchev–Trinajstić information content (AvgIpc) is 2.50. The summed E-state index contributed by atoms with van der Waals surface area (Å²) in [7, 11) is 0. The lowest BCUT2D eigenvalue weighted by Crippen LogP contribution is -2.27. The standard InChI is InChI=1S/C5H11NO2S/c1-2-6(9(7)8)5-3-4-5/h5H,2-4H2,1H3,(H,7,8). The van der Waals surface area contributed by atoms with E-state index in [2.05, 4.69) is 0 Å². The van der Waals surface area contributed by atoms with Crippen molar-refractivity contribution in [1.82, 2.24) is 4.31 Å². The van der Waals surface area contributed by atoms with E-state index in [4.69, 9.17) is 4.55 Å². The zero-order valence-corrected chi connectivity index (χ0v) is 6.23. The predicted molar refractivity (Wildman–Crippen MR) is 36.2 cm³/mol. The van der Waals surface area contributed by atoms with Crippen LogP contribution in [0, 0.1) is 0 Å². The summed E-state index contributed by atoms with van der Waals surface area (Å²) in [4.78, 5) is 0. The first-order valence-electron chi connectivity index (χ1n) is 3.13. The SMILES string of the molecule is CCN(C1CC1)S(=O)O. The zero-order valence-electron chi connectivity index (χ0n) is 5.41. The van der Waals surface area contributed by atoms with Crippen LogP contribution in [0.25, 0.3) is 0 Å². The third kappa shape index (κ3) is 1.74. The van der Waals surface area contributed by atoms with Gasteiger partial charge in [0.25, 0.3) is 0 Å². The summed E-state index contributed by atoms with van der Waals surface area (Å²) in [5, 5.41) is 0. The van der Waals surface area contributed by atoms with Crippen LogP contribution in [0.4, 0.5) is 0 Å². The number of hydrogen-bond donors (Lipinski definition) is 1. The average molecular weight is 149 g/mol. The van der Waals surface area contributed by atoms with Gasteiger partial charge in [0.15, 0.2) is 0 Å². The van der Waals surface area contributed by atoms with Crippen molar-refractivity contribution in [3.8, 4) is 0 Å². The minimum Gasteiger partial charge on any atom is -0.294 e. The molecule has 0 amide bonds. The molecule has 4 heteroatoms. The van der Waals surface area contributed by atoms with E-state index >= 15 is 0 Å². The van der Waals surface area contributed by atoms with Crippen LogP contribution in [0.1, 0.15) is 19.8 Å². The lowest BCUT2D eigenvalue weighted by atomic mass is 10.6. The quantitative estimate of drug-likeness (QED) is 0.597. The van der Waals surface area contributed by atoms with Gasteiger partial charge in [0.05, 0.1) is 0 Å². The van der Waals surface area contributed by atoms with Gasteiger partial charge in [-0.2, -0.15) is 4.31 Å². The van der Waals surface area contributed by atoms with Gasteiger partial charge in [-0.15, -0.1) is 0 Å². The number of hydrogen-bond acceptors (Lipinski definition) is 1. The second-order valence-electron chi connectivity index (χ2n) is 2.20. The Hall–Kier alpha value is 0.0700. The lowest BCUT2D eigenvalue weighted by molar-refractivity contribution is 0.405. The molecule has 0 bridgehead atoms. The smallest absolute Gasteiger partial charge is 0.234 e. The minimum atomic E-state index is -1.74. The Morgan fingerprint density at radius 3 is 2.44 bits per heavy atom. The fraction of sp³-hybridized carbons (Fsp3) is 1.00. The second kappa shape index (κ2) is 2.77. The zero-order chi connectivity index (χ0) is 6.85. The van der Waals surface area contributed by atoms with Gasteiger partial charge in [0.1, 0.15) is 0 Å². The molecule has 1 N–H and O–H groups in total. The van der Waals surface area contributed by atoms with Crippen LogP contribution in [0.2, 0.25) is 0 Å². The van der Waals surface area contributed by atoms with Crippen LogP contribution in [-0.4, -0.2) is 25.7 Å². The highest BCUT2D eigenvalue weighted by atomic mass is 32.2. The number of nitrogens with zero attached hydrogens (tertiary/aromatic N) is 1. The van der Waals surface area contributed by atoms with E-state index in [0.717, 1.165) is 12.8 Å². The third-order valence-electron chi connectivity index (χ3n) is 1.47. The van der Waals surface area contributed by atoms with Crippen molar-refractivity contribution in [2.75, 3.05) is 6.54 Å². The van der Waals surface area contributed by atoms with Crippen molar-refractivity contribution < 1.29 is 8.76 Å². The fourth-order valence-corrected chi connectivity index (χ4v) is 1.55. The largest absolute Gasteiger partial charge is 0.294 e. The highest BCUT2D eigenvalue weighted by molar-refractivity contribution is 7.76. The molecule has 3 nitrogen and oxygen atoms in total. The van der Waals surface area contributed by atoms with Gasteiger partial charge in [-0.25, -0.2) is 4.21 Å². The summed E-state index contributed by atoms with van der Waals surface area (Å²) in [6.07, 6.45) is 2.17. The Labute approximate surface area is 57.5 Å². The van der Waals surface area contributed by atoms with E-state index < -0.39 is 11.3 Å². The molecule has 54 valence electrons. The Morgan fingerprint density at radius 2 is 2.33 bits per heavy atom. The van der Waals surface area contributed by atoms with E-state index in [1.54, 1.807) is 4.31 Å². The Morgan fingerprint density at radius 1 is 1.78 bits per heavy atom. The second-order valence-corrected chi connectivity index (χ2v) is 3.13. The maximum absolute atomic E-state index is 10.4. The van der Waals surface area contributed by atoms with E-state index in [0.29, 0.717) is 12.6 Å². The monoisotopic (exact) mass is 149 g/mol. The molecule has 1 saturated carbocycles. The van der Waals surface area contributed by atoms with Gasteiger partial charge < -0.3 is 0 Å². The molecule has 0 radical (unpaired) electrons. The first-order chi connectivity index (χ1) is 4.25. The van der Waals surface area contributed by atoms with E-state index in [9.17, 15) is 4.21 Å². The third-order valence-corrected chi connectivity index (χ3v) is 2.42. The van der Waals surface area contributed by atoms with Gasteiger partial charge in [0.2, 0.25) is 11.3 Å². The summed E-state index contributed by atoms with van der Waals surface area (Å²) in [5.74, 6) is 0. The van der Waals surface area contributed by atoms with Crippen molar-refractivity contribution in [2.45, 2.75) is 25.8 Å². The van der Waals surface area contributed by atoms with Crippen molar-refractivity contribution in [3.63, 3.8) is 0 Å². The molecule has 0 saturated heterocycles. The van der Waals surface area contributed by atoms with E-state index in [1.807, 2.05) is 6.92 Å². The topological polar surface area (TPSA) is 40.5 Å². The maximum Gasteiger partial charge on any atom is 0.234 e. The molecule has 0 aliphatic heterocycles. The van der Waals surface area contributed by atoms with Crippen molar-refractivity contribution in [3.05, 3.63) is 0 Å². The van der Waals surface area contributed by atoms with Crippen LogP contribution in [0.15, 0.2) is 0 Å². The minimum absolute atomic E-state index is 0.390. The summed E-state index contributed by atoms with van der Waals surface area (Å²) < 4.78 is 20.7. The molecule has 1 fully saturated rings. The van der Waals surface area contributed by atoms with Gasteiger partial charge in [-0.05, 0) is 12.8 Å². The first-order valence-corrected chi connectivity index (χ1v) is 4.19. The molecule has 1 atom stereocenters. The molecule has 1 rings (SSSR count). The van der Waals surface area contributed by atoms with E-state index in [-0.39, 0.29) is 0 Å². The highest BCUT2D eigenvalue weighted by Gasteiger charge is 2.30. The Balaban J connectivity index is 2.37. The normalized spacial score (nSPS) is 22.6. The van der Waals surface area contributed by atoms with Gasteiger partial charge in [-0.1, -0.05) is 6.92 Å². The molecule has 0 aromatic carbocycles. The molecule has 0 aromatic rings. The summed E-state index contributed by atoms with van der Waals surface area (Å²) in [6, 6.07) is 0.390. The van der Waals surface area contributed by atoms with Crippen molar-refractivity contribution in [1.29, 1.82) is 0 Å². The van der Waals surface area contributed by atoms with Crippen LogP contribution in [0.3, 0.4) is 0 Å². The molecule has 0 heterocycles. The first kappa shape index (κ1) is 7.18. The van der Waals surface area contributed by atoms with Crippen molar-refractivity contribution in [2.24, 2.45) is 0 Å². The van der Waals surface area contributed by atoms with E-state index in [1.165, 1.54) is 0 Å². The Bertz CT molecular complexity index is 124. The molecule has 0 spiro atoms. The van der Waals surface area contributed by atoms with Gasteiger partial charge in [-0.3, -0.25) is 4.55 Å². The summed E-state index contributed by atoms with van der Waals surface area (Å²) in [6.45, 7) is 2.57. The molecule has 1 unspecified atom stereocenters. The lowest BCUT2D eigenvalue weighted by Gasteiger charge is -2.12. The maximum atomic E-state index is 10.4. The van der Waals surface area contributed by atoms with Crippen LogP contribution in [0.5, 0.6) is 0 Å². The van der Waals surface area contributed by atoms with Gasteiger partial charge >= 0.3 is 0 Å². The fourth-order valence-electron chi connectivity index (χ4n) is 0.859. The Kier molecular flexibility index (Phi) is 2.21. The molecular formula is C5H11NO2S. The van der Waals surface area contributed by atoms with Crippen LogP contribution >= 0.6 is 0 Å².